The van der Waals surface area contributed by atoms with Crippen molar-refractivity contribution in [3.63, 3.8) is 0 Å². The average Bonchev–Trinajstić information content (AvgIpc) is 2.85. The van der Waals surface area contributed by atoms with Crippen LogP contribution in [0.5, 0.6) is 0 Å². The second-order valence-corrected chi connectivity index (χ2v) is 5.78. The van der Waals surface area contributed by atoms with Crippen LogP contribution in [-0.2, 0) is 9.53 Å². The summed E-state index contributed by atoms with van der Waals surface area (Å²) in [5.41, 5.74) is 5.28. The molecule has 4 nitrogen and oxygen atoms in total. The minimum Gasteiger partial charge on any atom is -0.392 e. The van der Waals surface area contributed by atoms with Crippen molar-refractivity contribution in [3.8, 4) is 0 Å². The van der Waals surface area contributed by atoms with Crippen molar-refractivity contribution in [2.75, 3.05) is 20.2 Å². The van der Waals surface area contributed by atoms with E-state index in [0.717, 1.165) is 38.6 Å². The van der Waals surface area contributed by atoms with Crippen LogP contribution in [0.15, 0.2) is 0 Å². The maximum absolute atomic E-state index is 12.9. The minimum atomic E-state index is -0.651. The first-order chi connectivity index (χ1) is 9.01. The normalized spacial score (nSPS) is 19.7. The number of thiocarbonyl (C=S) groups is 1. The van der Waals surface area contributed by atoms with Crippen molar-refractivity contribution in [1.82, 2.24) is 4.90 Å². The third-order valence-corrected chi connectivity index (χ3v) is 4.39. The molecule has 1 heterocycles. The van der Waals surface area contributed by atoms with Gasteiger partial charge in [-0.2, -0.15) is 0 Å². The molecule has 0 spiro atoms. The highest BCUT2D eigenvalue weighted by Gasteiger charge is 2.44. The molecule has 0 bridgehead atoms. The number of methoxy groups -OCH3 is 1. The minimum absolute atomic E-state index is 0.100. The molecule has 1 rings (SSSR count). The molecule has 0 aromatic carbocycles. The van der Waals surface area contributed by atoms with E-state index in [-0.39, 0.29) is 12.0 Å². The Hall–Kier alpha value is -0.680. The molecule has 0 aliphatic carbocycles. The number of rotatable bonds is 7. The molecule has 0 aromatic rings. The summed E-state index contributed by atoms with van der Waals surface area (Å²) in [5.74, 6) is 0.100. The lowest BCUT2D eigenvalue weighted by Gasteiger charge is -2.34. The number of hydrogen-bond donors (Lipinski definition) is 1. The molecule has 1 fully saturated rings. The first-order valence-corrected chi connectivity index (χ1v) is 7.54. The van der Waals surface area contributed by atoms with E-state index in [0.29, 0.717) is 11.5 Å². The summed E-state index contributed by atoms with van der Waals surface area (Å²) < 4.78 is 5.33. The summed E-state index contributed by atoms with van der Waals surface area (Å²) in [4.78, 5) is 15.1. The zero-order valence-electron chi connectivity index (χ0n) is 12.3. The van der Waals surface area contributed by atoms with Gasteiger partial charge >= 0.3 is 0 Å². The Kier molecular flexibility index (Phi) is 6.20. The fraction of sp³-hybridized carbons (Fsp3) is 0.857. The van der Waals surface area contributed by atoms with Gasteiger partial charge in [0.05, 0.1) is 16.5 Å². The number of amides is 1. The highest BCUT2D eigenvalue weighted by molar-refractivity contribution is 7.80. The number of hydrogen-bond acceptors (Lipinski definition) is 3. The highest BCUT2D eigenvalue weighted by Crippen LogP contribution is 2.34. The molecule has 1 saturated heterocycles. The standard InChI is InChI=1S/C14H26N2O2S/c1-4-7-14(8-5-2,12(15)19)13(17)16-9-6-11(10-16)18-3/h11H,4-10H2,1-3H3,(H2,15,19). The molecule has 0 radical (unpaired) electrons. The van der Waals surface area contributed by atoms with Gasteiger partial charge in [0.15, 0.2) is 0 Å². The zero-order valence-corrected chi connectivity index (χ0v) is 13.1. The molecule has 1 unspecified atom stereocenters. The van der Waals surface area contributed by atoms with Crippen LogP contribution in [0.2, 0.25) is 0 Å². The monoisotopic (exact) mass is 286 g/mol. The second-order valence-electron chi connectivity index (χ2n) is 5.34. The Balaban J connectivity index is 2.90. The Morgan fingerprint density at radius 3 is 2.37 bits per heavy atom. The van der Waals surface area contributed by atoms with Crippen LogP contribution in [0.3, 0.4) is 0 Å². The van der Waals surface area contributed by atoms with Gasteiger partial charge in [0.25, 0.3) is 0 Å². The summed E-state index contributed by atoms with van der Waals surface area (Å²) >= 11 is 5.23. The maximum atomic E-state index is 12.9. The van der Waals surface area contributed by atoms with Crippen LogP contribution in [0.4, 0.5) is 0 Å². The number of nitrogens with two attached hydrogens (primary N) is 1. The first kappa shape index (κ1) is 16.4. The predicted molar refractivity (Wildman–Crippen MR) is 81.0 cm³/mol. The summed E-state index contributed by atoms with van der Waals surface area (Å²) in [6, 6.07) is 0. The van der Waals surface area contributed by atoms with Crippen molar-refractivity contribution < 1.29 is 9.53 Å². The van der Waals surface area contributed by atoms with E-state index in [9.17, 15) is 4.79 Å². The molecule has 110 valence electrons. The highest BCUT2D eigenvalue weighted by atomic mass is 32.1. The van der Waals surface area contributed by atoms with Crippen LogP contribution in [0.25, 0.3) is 0 Å². The van der Waals surface area contributed by atoms with Crippen LogP contribution in [0.1, 0.15) is 46.0 Å². The fourth-order valence-electron chi connectivity index (χ4n) is 2.95. The molecule has 1 amide bonds. The van der Waals surface area contributed by atoms with Crippen LogP contribution in [0, 0.1) is 5.41 Å². The van der Waals surface area contributed by atoms with E-state index in [2.05, 4.69) is 13.8 Å². The molecule has 2 N–H and O–H groups in total. The molecular weight excluding hydrogens is 260 g/mol. The quantitative estimate of drug-likeness (QED) is 0.728. The molecule has 0 aromatic heterocycles. The molecule has 19 heavy (non-hydrogen) atoms. The number of likely N-dealkylation sites (tertiary alicyclic amines) is 1. The van der Waals surface area contributed by atoms with Crippen molar-refractivity contribution in [2.24, 2.45) is 11.1 Å². The molecular formula is C14H26N2O2S. The van der Waals surface area contributed by atoms with Gasteiger partial charge in [0, 0.05) is 20.2 Å². The van der Waals surface area contributed by atoms with Gasteiger partial charge in [-0.25, -0.2) is 0 Å². The smallest absolute Gasteiger partial charge is 0.235 e. The number of carbonyl (C=O) groups is 1. The third-order valence-electron chi connectivity index (χ3n) is 4.00. The van der Waals surface area contributed by atoms with Crippen molar-refractivity contribution >= 4 is 23.1 Å². The van der Waals surface area contributed by atoms with E-state index in [1.165, 1.54) is 0 Å². The molecule has 1 atom stereocenters. The largest absolute Gasteiger partial charge is 0.392 e. The van der Waals surface area contributed by atoms with Gasteiger partial charge in [0.2, 0.25) is 5.91 Å². The van der Waals surface area contributed by atoms with Crippen molar-refractivity contribution in [1.29, 1.82) is 0 Å². The Morgan fingerprint density at radius 1 is 1.42 bits per heavy atom. The average molecular weight is 286 g/mol. The van der Waals surface area contributed by atoms with Crippen molar-refractivity contribution in [3.05, 3.63) is 0 Å². The zero-order chi connectivity index (χ0) is 14.5. The lowest BCUT2D eigenvalue weighted by Crippen LogP contribution is -2.50. The van der Waals surface area contributed by atoms with Gasteiger partial charge in [-0.3, -0.25) is 4.79 Å². The lowest BCUT2D eigenvalue weighted by atomic mass is 9.77. The topological polar surface area (TPSA) is 55.6 Å². The number of nitrogens with zero attached hydrogens (tertiary/aromatic N) is 1. The van der Waals surface area contributed by atoms with E-state index in [1.54, 1.807) is 7.11 Å². The van der Waals surface area contributed by atoms with Gasteiger partial charge in [0.1, 0.15) is 0 Å². The van der Waals surface area contributed by atoms with Crippen LogP contribution in [-0.4, -0.2) is 42.1 Å². The maximum Gasteiger partial charge on any atom is 0.235 e. The lowest BCUT2D eigenvalue weighted by molar-refractivity contribution is -0.138. The van der Waals surface area contributed by atoms with Gasteiger partial charge < -0.3 is 15.4 Å². The van der Waals surface area contributed by atoms with E-state index >= 15 is 0 Å². The van der Waals surface area contributed by atoms with Crippen molar-refractivity contribution in [2.45, 2.75) is 52.1 Å². The van der Waals surface area contributed by atoms with Gasteiger partial charge in [-0.05, 0) is 19.3 Å². The Labute approximate surface area is 121 Å². The Morgan fingerprint density at radius 2 is 2.00 bits per heavy atom. The second kappa shape index (κ2) is 7.20. The molecule has 0 saturated carbocycles. The number of ether oxygens (including phenoxy) is 1. The molecule has 1 aliphatic rings. The van der Waals surface area contributed by atoms with E-state index in [4.69, 9.17) is 22.7 Å². The molecule has 1 aliphatic heterocycles. The summed E-state index contributed by atoms with van der Waals surface area (Å²) in [5, 5.41) is 0. The van der Waals surface area contributed by atoms with Gasteiger partial charge in [-0.15, -0.1) is 0 Å². The summed E-state index contributed by atoms with van der Waals surface area (Å²) in [7, 11) is 1.69. The van der Waals surface area contributed by atoms with Gasteiger partial charge in [-0.1, -0.05) is 38.9 Å². The summed E-state index contributed by atoms with van der Waals surface area (Å²) in [6.07, 6.45) is 4.34. The predicted octanol–water partition coefficient (Wildman–Crippen LogP) is 2.11. The summed E-state index contributed by atoms with van der Waals surface area (Å²) in [6.45, 7) is 5.54. The van der Waals surface area contributed by atoms with E-state index in [1.807, 2.05) is 4.90 Å². The van der Waals surface area contributed by atoms with E-state index < -0.39 is 5.41 Å². The third kappa shape index (κ3) is 3.45. The fourth-order valence-corrected chi connectivity index (χ4v) is 3.24. The number of carbonyl (C=O) groups excluding carboxylic acids is 1. The molecule has 5 heteroatoms. The first-order valence-electron chi connectivity index (χ1n) is 7.13. The van der Waals surface area contributed by atoms with Crippen LogP contribution >= 0.6 is 12.2 Å². The Bertz CT molecular complexity index is 327. The van der Waals surface area contributed by atoms with Crippen LogP contribution < -0.4 is 5.73 Å². The SMILES string of the molecule is CCCC(CCC)(C(=O)N1CCC(OC)C1)C(N)=S.